The summed E-state index contributed by atoms with van der Waals surface area (Å²) in [7, 11) is -0.649. The second-order valence-corrected chi connectivity index (χ2v) is 10.5. The number of nitriles is 1. The molecule has 5 aromatic rings. The van der Waals surface area contributed by atoms with Crippen LogP contribution in [-0.2, 0) is 10.0 Å². The van der Waals surface area contributed by atoms with E-state index in [9.17, 15) is 13.7 Å². The van der Waals surface area contributed by atoms with Crippen LogP contribution in [0.25, 0.3) is 39.6 Å². The van der Waals surface area contributed by atoms with Crippen LogP contribution < -0.4 is 0 Å². The first-order valence-electron chi connectivity index (χ1n) is 11.1. The molecule has 0 aliphatic carbocycles. The van der Waals surface area contributed by atoms with Crippen molar-refractivity contribution in [3.8, 4) is 23.0 Å². The van der Waals surface area contributed by atoms with E-state index < -0.39 is 10.0 Å². The topological polar surface area (TPSA) is 108 Å². The summed E-state index contributed by atoms with van der Waals surface area (Å²) >= 11 is 0. The third kappa shape index (κ3) is 4.31. The Hall–Kier alpha value is -4.52. The number of benzene rings is 3. The fourth-order valence-corrected chi connectivity index (χ4v) is 4.78. The van der Waals surface area contributed by atoms with Crippen molar-refractivity contribution < 1.29 is 8.42 Å². The number of allylic oxidation sites excluding steroid dienone is 1. The summed E-state index contributed by atoms with van der Waals surface area (Å²) in [6.45, 7) is 0. The highest BCUT2D eigenvalue weighted by atomic mass is 32.2. The van der Waals surface area contributed by atoms with Crippen molar-refractivity contribution in [2.24, 2.45) is 0 Å². The number of hydrogen-bond acceptors (Lipinski definition) is 5. The zero-order chi connectivity index (χ0) is 25.3. The van der Waals surface area contributed by atoms with Crippen molar-refractivity contribution in [2.75, 3.05) is 14.1 Å². The van der Waals surface area contributed by atoms with Crippen molar-refractivity contribution in [1.29, 1.82) is 5.26 Å². The van der Waals surface area contributed by atoms with Crippen LogP contribution in [0.1, 0.15) is 11.4 Å². The molecule has 0 aliphatic heterocycles. The Kier molecular flexibility index (Phi) is 5.98. The second-order valence-electron chi connectivity index (χ2n) is 8.30. The molecule has 0 bridgehead atoms. The zero-order valence-electron chi connectivity index (χ0n) is 19.6. The standard InChI is InChI=1S/C27H22N6O2S/c1-32(2)36(34,35)23-12-8-9-19(16-23)26-21(18-33(31-26)22-10-4-3-5-11-22)15-20(17-28)27-29-24-13-6-7-14-25(24)30-27/h3-16,18H,1-2H3,(H,29,30)/b20-15+. The third-order valence-corrected chi connectivity index (χ3v) is 7.53. The van der Waals surface area contributed by atoms with Gasteiger partial charge in [0.15, 0.2) is 0 Å². The minimum Gasteiger partial charge on any atom is -0.337 e. The van der Waals surface area contributed by atoms with Crippen LogP contribution in [0.2, 0.25) is 0 Å². The van der Waals surface area contributed by atoms with Crippen LogP contribution in [-0.4, -0.2) is 46.6 Å². The van der Waals surface area contributed by atoms with Gasteiger partial charge in [0, 0.05) is 31.4 Å². The lowest BCUT2D eigenvalue weighted by molar-refractivity contribution is 0.521. The minimum absolute atomic E-state index is 0.159. The molecule has 0 unspecified atom stereocenters. The van der Waals surface area contributed by atoms with E-state index in [0.29, 0.717) is 28.2 Å². The van der Waals surface area contributed by atoms with Crippen LogP contribution in [0.5, 0.6) is 0 Å². The van der Waals surface area contributed by atoms with Gasteiger partial charge in [-0.15, -0.1) is 0 Å². The Morgan fingerprint density at radius 3 is 2.50 bits per heavy atom. The average molecular weight is 495 g/mol. The van der Waals surface area contributed by atoms with Gasteiger partial charge in [-0.25, -0.2) is 22.4 Å². The second kappa shape index (κ2) is 9.26. The largest absolute Gasteiger partial charge is 0.337 e. The van der Waals surface area contributed by atoms with Crippen LogP contribution in [0.15, 0.2) is 90.0 Å². The summed E-state index contributed by atoms with van der Waals surface area (Å²) in [5.74, 6) is 0.445. The molecule has 5 rings (SSSR count). The number of nitrogens with zero attached hydrogens (tertiary/aromatic N) is 5. The van der Waals surface area contributed by atoms with Gasteiger partial charge >= 0.3 is 0 Å². The molecular formula is C27H22N6O2S. The molecule has 0 aliphatic rings. The highest BCUT2D eigenvalue weighted by molar-refractivity contribution is 7.89. The molecule has 0 spiro atoms. The number of rotatable bonds is 6. The zero-order valence-corrected chi connectivity index (χ0v) is 20.4. The first kappa shape index (κ1) is 23.2. The smallest absolute Gasteiger partial charge is 0.242 e. The predicted molar refractivity (Wildman–Crippen MR) is 139 cm³/mol. The van der Waals surface area contributed by atoms with Crippen molar-refractivity contribution in [2.45, 2.75) is 4.90 Å². The van der Waals surface area contributed by atoms with Crippen molar-refractivity contribution in [1.82, 2.24) is 24.1 Å². The first-order chi connectivity index (χ1) is 17.4. The number of aromatic nitrogens is 4. The average Bonchev–Trinajstić information content (AvgIpc) is 3.52. The molecule has 178 valence electrons. The van der Waals surface area contributed by atoms with E-state index in [0.717, 1.165) is 16.7 Å². The fourth-order valence-electron chi connectivity index (χ4n) is 3.83. The molecule has 36 heavy (non-hydrogen) atoms. The van der Waals surface area contributed by atoms with E-state index in [4.69, 9.17) is 5.10 Å². The first-order valence-corrected chi connectivity index (χ1v) is 12.6. The molecule has 0 saturated carbocycles. The van der Waals surface area contributed by atoms with Crippen LogP contribution in [0.4, 0.5) is 0 Å². The summed E-state index contributed by atoms with van der Waals surface area (Å²) in [6.07, 6.45) is 3.53. The van der Waals surface area contributed by atoms with Gasteiger partial charge in [-0.2, -0.15) is 10.4 Å². The van der Waals surface area contributed by atoms with Crippen LogP contribution >= 0.6 is 0 Å². The van der Waals surface area contributed by atoms with Gasteiger partial charge in [0.2, 0.25) is 10.0 Å². The lowest BCUT2D eigenvalue weighted by Crippen LogP contribution is -2.22. The number of aromatic amines is 1. The number of H-pyrrole nitrogens is 1. The Morgan fingerprint density at radius 1 is 1.03 bits per heavy atom. The van der Waals surface area contributed by atoms with Crippen molar-refractivity contribution >= 4 is 32.7 Å². The van der Waals surface area contributed by atoms with Gasteiger partial charge in [-0.05, 0) is 42.5 Å². The lowest BCUT2D eigenvalue weighted by atomic mass is 10.1. The fraction of sp³-hybridized carbons (Fsp3) is 0.0741. The van der Waals surface area contributed by atoms with E-state index in [1.807, 2.05) is 60.8 Å². The van der Waals surface area contributed by atoms with E-state index in [2.05, 4.69) is 16.0 Å². The van der Waals surface area contributed by atoms with Crippen LogP contribution in [0, 0.1) is 11.3 Å². The van der Waals surface area contributed by atoms with E-state index >= 15 is 0 Å². The highest BCUT2D eigenvalue weighted by Gasteiger charge is 2.20. The monoisotopic (exact) mass is 494 g/mol. The molecule has 0 radical (unpaired) electrons. The van der Waals surface area contributed by atoms with Gasteiger partial charge < -0.3 is 4.98 Å². The molecular weight excluding hydrogens is 472 g/mol. The summed E-state index contributed by atoms with van der Waals surface area (Å²) in [5, 5.41) is 14.7. The Labute approximate surface area is 208 Å². The van der Waals surface area contributed by atoms with E-state index in [1.54, 1.807) is 35.0 Å². The Morgan fingerprint density at radius 2 is 1.78 bits per heavy atom. The predicted octanol–water partition coefficient (Wildman–Crippen LogP) is 4.73. The maximum atomic E-state index is 12.8. The molecule has 0 atom stereocenters. The summed E-state index contributed by atoms with van der Waals surface area (Å²) in [4.78, 5) is 7.91. The van der Waals surface area contributed by atoms with Gasteiger partial charge in [0.25, 0.3) is 0 Å². The molecule has 2 heterocycles. The molecule has 8 nitrogen and oxygen atoms in total. The molecule has 9 heteroatoms. The van der Waals surface area contributed by atoms with E-state index in [1.165, 1.54) is 18.4 Å². The molecule has 0 saturated heterocycles. The maximum absolute atomic E-state index is 12.8. The Balaban J connectivity index is 1.68. The molecule has 1 N–H and O–H groups in total. The Bertz CT molecular complexity index is 1710. The number of nitrogens with one attached hydrogen (secondary N) is 1. The number of para-hydroxylation sites is 3. The quantitative estimate of drug-likeness (QED) is 0.343. The molecule has 0 fully saturated rings. The molecule has 3 aromatic carbocycles. The summed E-state index contributed by atoms with van der Waals surface area (Å²) < 4.78 is 28.4. The van der Waals surface area contributed by atoms with E-state index in [-0.39, 0.29) is 4.90 Å². The number of imidazole rings is 1. The number of sulfonamides is 1. The van der Waals surface area contributed by atoms with Gasteiger partial charge in [-0.1, -0.05) is 42.5 Å². The molecule has 2 aromatic heterocycles. The molecule has 0 amide bonds. The lowest BCUT2D eigenvalue weighted by Gasteiger charge is -2.12. The van der Waals surface area contributed by atoms with Crippen molar-refractivity contribution in [3.63, 3.8) is 0 Å². The highest BCUT2D eigenvalue weighted by Crippen LogP contribution is 2.29. The van der Waals surface area contributed by atoms with Gasteiger partial charge in [0.05, 0.1) is 27.2 Å². The number of hydrogen-bond donors (Lipinski definition) is 1. The third-order valence-electron chi connectivity index (χ3n) is 5.71. The van der Waals surface area contributed by atoms with Gasteiger partial charge in [-0.3, -0.25) is 0 Å². The van der Waals surface area contributed by atoms with Crippen LogP contribution in [0.3, 0.4) is 0 Å². The normalized spacial score (nSPS) is 12.2. The summed E-state index contributed by atoms with van der Waals surface area (Å²) in [5.41, 5.74) is 4.55. The summed E-state index contributed by atoms with van der Waals surface area (Å²) in [6, 6.07) is 26.0. The SMILES string of the molecule is CN(C)S(=O)(=O)c1cccc(-c2nn(-c3ccccc3)cc2/C=C(\C#N)c2nc3ccccc3[nH]2)c1. The maximum Gasteiger partial charge on any atom is 0.242 e. The minimum atomic E-state index is -3.64. The number of fused-ring (bicyclic) bond motifs is 1. The van der Waals surface area contributed by atoms with Gasteiger partial charge in [0.1, 0.15) is 17.6 Å². The van der Waals surface area contributed by atoms with Crippen molar-refractivity contribution in [3.05, 3.63) is 96.4 Å².